The molecule has 1 atom stereocenters. The number of rotatable bonds is 6. The van der Waals surface area contributed by atoms with Crippen LogP contribution in [-0.2, 0) is 11.3 Å². The number of ether oxygens (including phenoxy) is 1. The zero-order chi connectivity index (χ0) is 21.1. The van der Waals surface area contributed by atoms with Gasteiger partial charge >= 0.3 is 0 Å². The second kappa shape index (κ2) is 8.82. The standard InChI is InChI=1S/C20H27N7O3/c1-26-12-23-19(29)16-8-22-20(25-18(16)26)24-14-3-4-17(13(7-14)10-28)27-6-5-21-15(9-27)11-30-2/h3-4,7-8,15,21,28H,5-6,9-12H2,1-2H3,(H,23,29)(H,22,24,25). The number of amides is 1. The van der Waals surface area contributed by atoms with Crippen molar-refractivity contribution in [3.63, 3.8) is 0 Å². The van der Waals surface area contributed by atoms with Crippen LogP contribution in [0.15, 0.2) is 24.4 Å². The second-order valence-corrected chi connectivity index (χ2v) is 7.47. The number of nitrogens with zero attached hydrogens (tertiary/aromatic N) is 4. The highest BCUT2D eigenvalue weighted by molar-refractivity contribution is 6.00. The number of anilines is 4. The number of methoxy groups -OCH3 is 1. The van der Waals surface area contributed by atoms with Crippen LogP contribution in [0.1, 0.15) is 15.9 Å². The lowest BCUT2D eigenvalue weighted by Gasteiger charge is -2.36. The van der Waals surface area contributed by atoms with Gasteiger partial charge in [0.2, 0.25) is 5.95 Å². The van der Waals surface area contributed by atoms with Crippen LogP contribution in [0.3, 0.4) is 0 Å². The number of aromatic nitrogens is 2. The molecule has 10 heteroatoms. The van der Waals surface area contributed by atoms with E-state index in [0.29, 0.717) is 30.6 Å². The molecule has 1 aromatic carbocycles. The zero-order valence-electron chi connectivity index (χ0n) is 17.2. The van der Waals surface area contributed by atoms with Gasteiger partial charge in [0, 0.05) is 63.0 Å². The Labute approximate surface area is 175 Å². The summed E-state index contributed by atoms with van der Waals surface area (Å²) in [6.07, 6.45) is 1.52. The highest BCUT2D eigenvalue weighted by atomic mass is 16.5. The molecule has 2 aliphatic heterocycles. The van der Waals surface area contributed by atoms with Crippen molar-refractivity contribution in [2.75, 3.05) is 62.2 Å². The molecular weight excluding hydrogens is 386 g/mol. The van der Waals surface area contributed by atoms with Gasteiger partial charge in [0.1, 0.15) is 11.4 Å². The summed E-state index contributed by atoms with van der Waals surface area (Å²) in [5, 5.41) is 19.3. The summed E-state index contributed by atoms with van der Waals surface area (Å²) < 4.78 is 5.27. The van der Waals surface area contributed by atoms with E-state index in [2.05, 4.69) is 30.8 Å². The molecule has 1 unspecified atom stereocenters. The van der Waals surface area contributed by atoms with E-state index < -0.39 is 0 Å². The van der Waals surface area contributed by atoms with E-state index in [1.165, 1.54) is 6.20 Å². The van der Waals surface area contributed by atoms with E-state index in [0.717, 1.165) is 36.6 Å². The Bertz CT molecular complexity index is 921. The van der Waals surface area contributed by atoms with Gasteiger partial charge in [-0.05, 0) is 18.2 Å². The number of benzene rings is 1. The first-order valence-electron chi connectivity index (χ1n) is 9.93. The maximum atomic E-state index is 12.0. The van der Waals surface area contributed by atoms with Gasteiger partial charge in [-0.25, -0.2) is 4.98 Å². The van der Waals surface area contributed by atoms with Gasteiger partial charge in [0.15, 0.2) is 0 Å². The Morgan fingerprint density at radius 1 is 1.40 bits per heavy atom. The zero-order valence-corrected chi connectivity index (χ0v) is 17.2. The SMILES string of the molecule is COCC1CN(c2ccc(Nc3ncc4c(n3)N(C)CNC4=O)cc2CO)CCN1. The molecule has 30 heavy (non-hydrogen) atoms. The minimum absolute atomic E-state index is 0.0717. The van der Waals surface area contributed by atoms with Crippen molar-refractivity contribution in [2.45, 2.75) is 12.6 Å². The summed E-state index contributed by atoms with van der Waals surface area (Å²) in [7, 11) is 3.56. The number of piperazine rings is 1. The number of aliphatic hydroxyl groups excluding tert-OH is 1. The van der Waals surface area contributed by atoms with Gasteiger partial charge < -0.3 is 35.6 Å². The Morgan fingerprint density at radius 3 is 3.07 bits per heavy atom. The lowest BCUT2D eigenvalue weighted by molar-refractivity contribution is 0.0947. The first-order chi connectivity index (χ1) is 14.6. The van der Waals surface area contributed by atoms with E-state index in [1.54, 1.807) is 7.11 Å². The number of nitrogens with one attached hydrogen (secondary N) is 3. The Morgan fingerprint density at radius 2 is 2.27 bits per heavy atom. The fraction of sp³-hybridized carbons (Fsp3) is 0.450. The molecule has 1 saturated heterocycles. The fourth-order valence-electron chi connectivity index (χ4n) is 3.83. The molecule has 3 heterocycles. The number of fused-ring (bicyclic) bond motifs is 1. The molecule has 2 aliphatic rings. The van der Waals surface area contributed by atoms with E-state index in [1.807, 2.05) is 30.1 Å². The Kier molecular flexibility index (Phi) is 5.98. The highest BCUT2D eigenvalue weighted by Gasteiger charge is 2.23. The molecule has 10 nitrogen and oxygen atoms in total. The normalized spacial score (nSPS) is 18.8. The Hall–Kier alpha value is -2.95. The lowest BCUT2D eigenvalue weighted by Crippen LogP contribution is -2.52. The number of carbonyl (C=O) groups is 1. The molecule has 1 aromatic heterocycles. The van der Waals surface area contributed by atoms with E-state index >= 15 is 0 Å². The van der Waals surface area contributed by atoms with Crippen LogP contribution in [0.5, 0.6) is 0 Å². The van der Waals surface area contributed by atoms with Crippen molar-refractivity contribution in [2.24, 2.45) is 0 Å². The molecule has 0 bridgehead atoms. The molecule has 4 N–H and O–H groups in total. The monoisotopic (exact) mass is 413 g/mol. The third-order valence-corrected chi connectivity index (χ3v) is 5.32. The topological polar surface area (TPSA) is 115 Å². The van der Waals surface area contributed by atoms with Gasteiger partial charge in [-0.3, -0.25) is 4.79 Å². The first-order valence-corrected chi connectivity index (χ1v) is 9.93. The van der Waals surface area contributed by atoms with Crippen molar-refractivity contribution in [3.05, 3.63) is 35.5 Å². The molecule has 1 amide bonds. The number of hydrogen-bond acceptors (Lipinski definition) is 9. The summed E-state index contributed by atoms with van der Waals surface area (Å²) in [5.74, 6) is 0.805. The summed E-state index contributed by atoms with van der Waals surface area (Å²) in [6.45, 7) is 3.52. The van der Waals surface area contributed by atoms with Crippen molar-refractivity contribution >= 4 is 29.0 Å². The number of hydrogen-bond donors (Lipinski definition) is 4. The van der Waals surface area contributed by atoms with Crippen LogP contribution in [0.25, 0.3) is 0 Å². The maximum Gasteiger partial charge on any atom is 0.258 e. The quantitative estimate of drug-likeness (QED) is 0.530. The average molecular weight is 413 g/mol. The summed E-state index contributed by atoms with van der Waals surface area (Å²) in [5.41, 5.74) is 3.06. The van der Waals surface area contributed by atoms with Crippen LogP contribution in [0, 0.1) is 0 Å². The lowest BCUT2D eigenvalue weighted by atomic mass is 10.1. The van der Waals surface area contributed by atoms with Crippen LogP contribution in [0.2, 0.25) is 0 Å². The molecule has 1 fully saturated rings. The minimum atomic E-state index is -0.177. The summed E-state index contributed by atoms with van der Waals surface area (Å²) in [4.78, 5) is 24.8. The molecule has 4 rings (SSSR count). The van der Waals surface area contributed by atoms with Gasteiger partial charge in [-0.15, -0.1) is 0 Å². The average Bonchev–Trinajstić information content (AvgIpc) is 2.77. The molecule has 2 aromatic rings. The minimum Gasteiger partial charge on any atom is -0.392 e. The third kappa shape index (κ3) is 4.16. The predicted octanol–water partition coefficient (Wildman–Crippen LogP) is 0.274. The Balaban J connectivity index is 1.53. The van der Waals surface area contributed by atoms with E-state index in [9.17, 15) is 9.90 Å². The molecular formula is C20H27N7O3. The molecule has 0 spiro atoms. The number of aliphatic hydroxyl groups is 1. The van der Waals surface area contributed by atoms with Crippen molar-refractivity contribution in [1.82, 2.24) is 20.6 Å². The van der Waals surface area contributed by atoms with Crippen LogP contribution in [-0.4, -0.2) is 74.1 Å². The van der Waals surface area contributed by atoms with Crippen LogP contribution in [0.4, 0.5) is 23.1 Å². The van der Waals surface area contributed by atoms with E-state index in [4.69, 9.17) is 4.74 Å². The van der Waals surface area contributed by atoms with Gasteiger partial charge in [0.25, 0.3) is 5.91 Å². The highest BCUT2D eigenvalue weighted by Crippen LogP contribution is 2.28. The smallest absolute Gasteiger partial charge is 0.258 e. The van der Waals surface area contributed by atoms with Crippen LogP contribution < -0.4 is 25.8 Å². The first kappa shape index (κ1) is 20.3. The van der Waals surface area contributed by atoms with Crippen molar-refractivity contribution < 1.29 is 14.6 Å². The van der Waals surface area contributed by atoms with Crippen molar-refractivity contribution in [3.8, 4) is 0 Å². The largest absolute Gasteiger partial charge is 0.392 e. The molecule has 160 valence electrons. The number of carbonyl (C=O) groups excluding carboxylic acids is 1. The van der Waals surface area contributed by atoms with Gasteiger partial charge in [-0.2, -0.15) is 4.98 Å². The van der Waals surface area contributed by atoms with Gasteiger partial charge in [-0.1, -0.05) is 0 Å². The molecule has 0 radical (unpaired) electrons. The predicted molar refractivity (Wildman–Crippen MR) is 114 cm³/mol. The van der Waals surface area contributed by atoms with E-state index in [-0.39, 0.29) is 18.6 Å². The second-order valence-electron chi connectivity index (χ2n) is 7.47. The van der Waals surface area contributed by atoms with Crippen LogP contribution >= 0.6 is 0 Å². The summed E-state index contributed by atoms with van der Waals surface area (Å²) in [6, 6.07) is 6.11. The van der Waals surface area contributed by atoms with Gasteiger partial charge in [0.05, 0.1) is 19.9 Å². The van der Waals surface area contributed by atoms with Crippen molar-refractivity contribution in [1.29, 1.82) is 0 Å². The molecule has 0 aliphatic carbocycles. The third-order valence-electron chi connectivity index (χ3n) is 5.32. The maximum absolute atomic E-state index is 12.0. The molecule has 0 saturated carbocycles. The summed E-state index contributed by atoms with van der Waals surface area (Å²) >= 11 is 0. The fourth-order valence-corrected chi connectivity index (χ4v) is 3.83.